The first-order valence-electron chi connectivity index (χ1n) is 6.83. The van der Waals surface area contributed by atoms with Crippen molar-refractivity contribution in [2.45, 2.75) is 25.7 Å². The molecule has 0 rings (SSSR count). The van der Waals surface area contributed by atoms with Crippen LogP contribution < -0.4 is 5.32 Å². The third-order valence-electron chi connectivity index (χ3n) is 2.46. The average molecular weight is 326 g/mol. The van der Waals surface area contributed by atoms with Crippen molar-refractivity contribution in [3.05, 3.63) is 0 Å². The minimum Gasteiger partial charge on any atom is -0.382 e. The summed E-state index contributed by atoms with van der Waals surface area (Å²) in [6.45, 7) is 5.39. The maximum absolute atomic E-state index is 5.42. The van der Waals surface area contributed by atoms with E-state index in [1.807, 2.05) is 0 Å². The van der Waals surface area contributed by atoms with E-state index in [4.69, 9.17) is 14.2 Å². The number of nitrogens with one attached hydrogen (secondary N) is 1. The second-order valence-corrected chi connectivity index (χ2v) is 4.86. The monoisotopic (exact) mass is 325 g/mol. The summed E-state index contributed by atoms with van der Waals surface area (Å²) >= 11 is 3.44. The predicted molar refractivity (Wildman–Crippen MR) is 78.6 cm³/mol. The summed E-state index contributed by atoms with van der Waals surface area (Å²) in [5.74, 6) is 0. The van der Waals surface area contributed by atoms with Gasteiger partial charge in [-0.3, -0.25) is 0 Å². The van der Waals surface area contributed by atoms with Crippen molar-refractivity contribution in [3.8, 4) is 0 Å². The van der Waals surface area contributed by atoms with Gasteiger partial charge in [0.05, 0.1) is 33.0 Å². The van der Waals surface area contributed by atoms with Crippen LogP contribution in [0.15, 0.2) is 0 Å². The summed E-state index contributed by atoms with van der Waals surface area (Å²) in [6.07, 6.45) is 5.17. The fourth-order valence-electron chi connectivity index (χ4n) is 1.43. The number of methoxy groups -OCH3 is 1. The minimum absolute atomic E-state index is 0.645. The molecule has 110 valence electrons. The minimum atomic E-state index is 0.645. The normalized spacial score (nSPS) is 11.0. The lowest BCUT2D eigenvalue weighted by Gasteiger charge is -2.06. The first kappa shape index (κ1) is 18.3. The maximum Gasteiger partial charge on any atom is 0.0701 e. The molecule has 0 atom stereocenters. The third-order valence-corrected chi connectivity index (χ3v) is 3.02. The Hall–Kier alpha value is 0.320. The van der Waals surface area contributed by atoms with Gasteiger partial charge in [-0.2, -0.15) is 0 Å². The molecule has 5 heteroatoms. The number of halogens is 1. The molecular weight excluding hydrogens is 298 g/mol. The number of rotatable bonds is 15. The average Bonchev–Trinajstić information content (AvgIpc) is 2.39. The molecule has 0 fully saturated rings. The molecule has 0 aromatic carbocycles. The molecule has 0 amide bonds. The van der Waals surface area contributed by atoms with Crippen molar-refractivity contribution in [2.24, 2.45) is 0 Å². The lowest BCUT2D eigenvalue weighted by atomic mass is 10.2. The smallest absolute Gasteiger partial charge is 0.0701 e. The number of hydrogen-bond donors (Lipinski definition) is 1. The van der Waals surface area contributed by atoms with Gasteiger partial charge in [0, 0.05) is 19.0 Å². The van der Waals surface area contributed by atoms with Crippen molar-refractivity contribution in [3.63, 3.8) is 0 Å². The Morgan fingerprint density at radius 2 is 1.44 bits per heavy atom. The van der Waals surface area contributed by atoms with E-state index < -0.39 is 0 Å². The molecule has 0 saturated carbocycles. The zero-order valence-electron chi connectivity index (χ0n) is 11.6. The molecule has 0 spiro atoms. The zero-order chi connectivity index (χ0) is 13.3. The summed E-state index contributed by atoms with van der Waals surface area (Å²) in [7, 11) is 1.67. The van der Waals surface area contributed by atoms with Crippen LogP contribution in [0.2, 0.25) is 0 Å². The quantitative estimate of drug-likeness (QED) is 0.370. The van der Waals surface area contributed by atoms with Crippen LogP contribution in [-0.4, -0.2) is 58.6 Å². The second kappa shape index (κ2) is 17.3. The first-order valence-corrected chi connectivity index (χ1v) is 7.95. The molecule has 0 saturated heterocycles. The van der Waals surface area contributed by atoms with Crippen LogP contribution in [0, 0.1) is 0 Å². The van der Waals surface area contributed by atoms with Gasteiger partial charge in [0.15, 0.2) is 0 Å². The zero-order valence-corrected chi connectivity index (χ0v) is 13.2. The van der Waals surface area contributed by atoms with Crippen LogP contribution in [-0.2, 0) is 14.2 Å². The van der Waals surface area contributed by atoms with Gasteiger partial charge >= 0.3 is 0 Å². The lowest BCUT2D eigenvalue weighted by Crippen LogP contribution is -2.21. The highest BCUT2D eigenvalue weighted by molar-refractivity contribution is 9.09. The van der Waals surface area contributed by atoms with E-state index in [9.17, 15) is 0 Å². The van der Waals surface area contributed by atoms with Gasteiger partial charge in [0.25, 0.3) is 0 Å². The SMILES string of the molecule is COCCOCCOCCNCCCCCCBr. The molecule has 0 aromatic heterocycles. The molecule has 0 unspecified atom stereocenters. The van der Waals surface area contributed by atoms with E-state index in [1.165, 1.54) is 25.7 Å². The fraction of sp³-hybridized carbons (Fsp3) is 1.00. The van der Waals surface area contributed by atoms with Crippen LogP contribution >= 0.6 is 15.9 Å². The molecule has 0 aromatic rings. The van der Waals surface area contributed by atoms with E-state index in [2.05, 4.69) is 21.2 Å². The van der Waals surface area contributed by atoms with Crippen LogP contribution in [0.5, 0.6) is 0 Å². The highest BCUT2D eigenvalue weighted by atomic mass is 79.9. The van der Waals surface area contributed by atoms with Crippen molar-refractivity contribution < 1.29 is 14.2 Å². The Balaban J connectivity index is 2.86. The van der Waals surface area contributed by atoms with Crippen molar-refractivity contribution in [1.29, 1.82) is 0 Å². The molecule has 4 nitrogen and oxygen atoms in total. The van der Waals surface area contributed by atoms with Crippen LogP contribution in [0.4, 0.5) is 0 Å². The van der Waals surface area contributed by atoms with Gasteiger partial charge in [0.1, 0.15) is 0 Å². The van der Waals surface area contributed by atoms with Crippen molar-refractivity contribution in [2.75, 3.05) is 58.6 Å². The van der Waals surface area contributed by atoms with E-state index >= 15 is 0 Å². The number of ether oxygens (including phenoxy) is 3. The molecule has 18 heavy (non-hydrogen) atoms. The summed E-state index contributed by atoms with van der Waals surface area (Å²) < 4.78 is 15.6. The molecule has 0 bridgehead atoms. The third kappa shape index (κ3) is 16.3. The predicted octanol–water partition coefficient (Wildman–Crippen LogP) is 2.21. The highest BCUT2D eigenvalue weighted by Crippen LogP contribution is 2.00. The largest absolute Gasteiger partial charge is 0.382 e. The van der Waals surface area contributed by atoms with Gasteiger partial charge < -0.3 is 19.5 Å². The van der Waals surface area contributed by atoms with Crippen LogP contribution in [0.1, 0.15) is 25.7 Å². The van der Waals surface area contributed by atoms with Crippen LogP contribution in [0.3, 0.4) is 0 Å². The van der Waals surface area contributed by atoms with Gasteiger partial charge in [0.2, 0.25) is 0 Å². The van der Waals surface area contributed by atoms with Gasteiger partial charge in [-0.25, -0.2) is 0 Å². The number of alkyl halides is 1. The summed E-state index contributed by atoms with van der Waals surface area (Å²) in [5.41, 5.74) is 0. The van der Waals surface area contributed by atoms with Gasteiger partial charge in [-0.1, -0.05) is 28.8 Å². The maximum atomic E-state index is 5.42. The molecule has 0 radical (unpaired) electrons. The Morgan fingerprint density at radius 3 is 2.17 bits per heavy atom. The van der Waals surface area contributed by atoms with Crippen molar-refractivity contribution in [1.82, 2.24) is 5.32 Å². The van der Waals surface area contributed by atoms with E-state index in [0.717, 1.165) is 25.0 Å². The Kier molecular flexibility index (Phi) is 17.6. The molecular formula is C13H28BrNO3. The topological polar surface area (TPSA) is 39.7 Å². The molecule has 1 N–H and O–H groups in total. The molecule has 0 aliphatic carbocycles. The molecule has 0 aliphatic heterocycles. The summed E-state index contributed by atoms with van der Waals surface area (Å²) in [4.78, 5) is 0. The van der Waals surface area contributed by atoms with E-state index in [1.54, 1.807) is 7.11 Å². The Bertz CT molecular complexity index is 134. The van der Waals surface area contributed by atoms with Crippen molar-refractivity contribution >= 4 is 15.9 Å². The summed E-state index contributed by atoms with van der Waals surface area (Å²) in [5, 5.41) is 4.50. The Morgan fingerprint density at radius 1 is 0.778 bits per heavy atom. The molecule has 0 aliphatic rings. The van der Waals surface area contributed by atoms with Gasteiger partial charge in [-0.05, 0) is 19.4 Å². The lowest BCUT2D eigenvalue weighted by molar-refractivity contribution is 0.0256. The number of hydrogen-bond acceptors (Lipinski definition) is 4. The molecule has 0 heterocycles. The first-order chi connectivity index (χ1) is 8.91. The number of unbranched alkanes of at least 4 members (excludes halogenated alkanes) is 3. The highest BCUT2D eigenvalue weighted by Gasteiger charge is 1.92. The van der Waals surface area contributed by atoms with E-state index in [-0.39, 0.29) is 0 Å². The van der Waals surface area contributed by atoms with Crippen LogP contribution in [0.25, 0.3) is 0 Å². The second-order valence-electron chi connectivity index (χ2n) is 4.07. The summed E-state index contributed by atoms with van der Waals surface area (Å²) in [6, 6.07) is 0. The standard InChI is InChI=1S/C13H28BrNO3/c1-16-10-11-18-13-12-17-9-8-15-7-5-3-2-4-6-14/h15H,2-13H2,1H3. The van der Waals surface area contributed by atoms with Gasteiger partial charge in [-0.15, -0.1) is 0 Å². The Labute approximate surface area is 120 Å². The fourth-order valence-corrected chi connectivity index (χ4v) is 1.83. The van der Waals surface area contributed by atoms with E-state index in [0.29, 0.717) is 26.4 Å².